The van der Waals surface area contributed by atoms with E-state index in [4.69, 9.17) is 11.6 Å². The van der Waals surface area contributed by atoms with Gasteiger partial charge in [0.15, 0.2) is 0 Å². The molecule has 138 valence electrons. The lowest BCUT2D eigenvalue weighted by Crippen LogP contribution is -2.52. The molecule has 1 aromatic carbocycles. The molecule has 0 aliphatic heterocycles. The van der Waals surface area contributed by atoms with Crippen LogP contribution in [0.15, 0.2) is 18.2 Å². The zero-order chi connectivity index (χ0) is 18.1. The van der Waals surface area contributed by atoms with Crippen molar-refractivity contribution in [3.8, 4) is 11.4 Å². The number of tetrazole rings is 1. The third-order valence-corrected chi connectivity index (χ3v) is 6.69. The van der Waals surface area contributed by atoms with Crippen molar-refractivity contribution in [3.05, 3.63) is 28.8 Å². The molecule has 4 nitrogen and oxygen atoms in total. The van der Waals surface area contributed by atoms with Crippen LogP contribution in [0.3, 0.4) is 0 Å². The summed E-state index contributed by atoms with van der Waals surface area (Å²) in [6.07, 6.45) is 2.75. The molecule has 0 spiro atoms. The van der Waals surface area contributed by atoms with Gasteiger partial charge in [-0.2, -0.15) is 18.0 Å². The minimum atomic E-state index is -4.42. The number of halogens is 4. The highest BCUT2D eigenvalue weighted by atomic mass is 35.5. The Kier molecular flexibility index (Phi) is 3.46. The predicted molar refractivity (Wildman–Crippen MR) is 89.4 cm³/mol. The largest absolute Gasteiger partial charge is 0.416 e. The molecule has 4 aliphatic rings. The molecule has 26 heavy (non-hydrogen) atoms. The van der Waals surface area contributed by atoms with Crippen LogP contribution in [-0.2, 0) is 11.7 Å². The van der Waals surface area contributed by atoms with Gasteiger partial charge in [-0.05, 0) is 79.7 Å². The number of aromatic nitrogens is 4. The summed E-state index contributed by atoms with van der Waals surface area (Å²) in [5, 5.41) is 12.9. The molecule has 1 aromatic heterocycles. The number of benzene rings is 1. The first-order valence-electron chi connectivity index (χ1n) is 9.00. The van der Waals surface area contributed by atoms with Crippen molar-refractivity contribution in [2.24, 2.45) is 17.8 Å². The summed E-state index contributed by atoms with van der Waals surface area (Å²) in [7, 11) is 0. The van der Waals surface area contributed by atoms with Gasteiger partial charge in [0.05, 0.1) is 16.1 Å². The van der Waals surface area contributed by atoms with Crippen molar-refractivity contribution in [1.29, 1.82) is 0 Å². The Morgan fingerprint density at radius 3 is 2.19 bits per heavy atom. The number of hydrogen-bond acceptors (Lipinski definition) is 3. The first kappa shape index (κ1) is 16.5. The topological polar surface area (TPSA) is 43.6 Å². The SMILES string of the molecule is FC(F)(F)c1ccc(-c2nnn(C34CC5CC(CC(C5)C3)C4)n2)c(Cl)c1. The molecular formula is C18H18ClF3N4. The van der Waals surface area contributed by atoms with E-state index < -0.39 is 11.7 Å². The second-order valence-electron chi connectivity index (χ2n) is 8.24. The highest BCUT2D eigenvalue weighted by Gasteiger charge is 2.53. The van der Waals surface area contributed by atoms with E-state index in [1.807, 2.05) is 0 Å². The summed E-state index contributed by atoms with van der Waals surface area (Å²) in [6.45, 7) is 0. The summed E-state index contributed by atoms with van der Waals surface area (Å²) in [6, 6.07) is 3.25. The molecule has 0 amide bonds. The first-order valence-corrected chi connectivity index (χ1v) is 9.38. The second kappa shape index (κ2) is 5.44. The van der Waals surface area contributed by atoms with E-state index in [0.717, 1.165) is 49.1 Å². The van der Waals surface area contributed by atoms with Gasteiger partial charge in [-0.15, -0.1) is 10.2 Å². The van der Waals surface area contributed by atoms with Crippen LogP contribution < -0.4 is 0 Å². The lowest BCUT2D eigenvalue weighted by Gasteiger charge is -2.55. The third kappa shape index (κ3) is 2.54. The number of rotatable bonds is 2. The molecule has 4 saturated carbocycles. The zero-order valence-electron chi connectivity index (χ0n) is 14.0. The molecule has 0 saturated heterocycles. The van der Waals surface area contributed by atoms with Crippen molar-refractivity contribution in [3.63, 3.8) is 0 Å². The second-order valence-corrected chi connectivity index (χ2v) is 8.64. The number of nitrogens with zero attached hydrogens (tertiary/aromatic N) is 4. The Labute approximate surface area is 153 Å². The Balaban J connectivity index is 1.48. The Morgan fingerprint density at radius 2 is 1.65 bits per heavy atom. The monoisotopic (exact) mass is 382 g/mol. The van der Waals surface area contributed by atoms with Crippen molar-refractivity contribution in [2.45, 2.75) is 50.2 Å². The Morgan fingerprint density at radius 1 is 1.04 bits per heavy atom. The summed E-state index contributed by atoms with van der Waals surface area (Å²) < 4.78 is 38.5. The maximum Gasteiger partial charge on any atom is 0.416 e. The summed E-state index contributed by atoms with van der Waals surface area (Å²) in [5.41, 5.74) is -0.464. The third-order valence-electron chi connectivity index (χ3n) is 6.38. The lowest BCUT2D eigenvalue weighted by atomic mass is 9.53. The van der Waals surface area contributed by atoms with Gasteiger partial charge in [0, 0.05) is 5.56 Å². The van der Waals surface area contributed by atoms with Gasteiger partial charge in [-0.3, -0.25) is 0 Å². The van der Waals surface area contributed by atoms with Crippen molar-refractivity contribution >= 4 is 11.6 Å². The van der Waals surface area contributed by atoms with Gasteiger partial charge in [0.2, 0.25) is 5.82 Å². The van der Waals surface area contributed by atoms with E-state index in [2.05, 4.69) is 15.4 Å². The van der Waals surface area contributed by atoms with Gasteiger partial charge >= 0.3 is 6.18 Å². The molecule has 8 heteroatoms. The van der Waals surface area contributed by atoms with Gasteiger partial charge in [-0.1, -0.05) is 11.6 Å². The minimum absolute atomic E-state index is 0.00936. The quantitative estimate of drug-likeness (QED) is 0.739. The molecule has 6 rings (SSSR count). The molecule has 1 heterocycles. The highest BCUT2D eigenvalue weighted by molar-refractivity contribution is 6.33. The maximum absolute atomic E-state index is 12.8. The van der Waals surface area contributed by atoms with E-state index in [1.165, 1.54) is 25.3 Å². The molecule has 2 aromatic rings. The molecule has 0 atom stereocenters. The minimum Gasteiger partial charge on any atom is -0.166 e. The standard InChI is InChI=1S/C18H18ClF3N4/c19-15-6-13(18(20,21)22)1-2-14(15)16-23-25-26(24-16)17-7-10-3-11(8-17)5-12(4-10)9-17/h1-2,6,10-12H,3-5,7-9H2. The lowest BCUT2D eigenvalue weighted by molar-refractivity contribution is -0.137. The molecular weight excluding hydrogens is 365 g/mol. The zero-order valence-corrected chi connectivity index (χ0v) is 14.8. The van der Waals surface area contributed by atoms with Crippen LogP contribution in [0.4, 0.5) is 13.2 Å². The number of hydrogen-bond donors (Lipinski definition) is 0. The first-order chi connectivity index (χ1) is 12.3. The van der Waals surface area contributed by atoms with Crippen LogP contribution in [0.2, 0.25) is 5.02 Å². The molecule has 0 unspecified atom stereocenters. The van der Waals surface area contributed by atoms with Crippen molar-refractivity contribution < 1.29 is 13.2 Å². The summed E-state index contributed by atoms with van der Waals surface area (Å²) in [4.78, 5) is 1.74. The fourth-order valence-electron chi connectivity index (χ4n) is 5.71. The molecule has 4 aliphatic carbocycles. The summed E-state index contributed by atoms with van der Waals surface area (Å²) >= 11 is 6.08. The van der Waals surface area contributed by atoms with Crippen LogP contribution in [0.25, 0.3) is 11.4 Å². The van der Waals surface area contributed by atoms with Crippen molar-refractivity contribution in [2.75, 3.05) is 0 Å². The van der Waals surface area contributed by atoms with E-state index in [-0.39, 0.29) is 10.6 Å². The van der Waals surface area contributed by atoms with Crippen LogP contribution in [0.1, 0.15) is 44.1 Å². The van der Waals surface area contributed by atoms with Gasteiger partial charge < -0.3 is 0 Å². The average molecular weight is 383 g/mol. The van der Waals surface area contributed by atoms with E-state index in [0.29, 0.717) is 11.4 Å². The van der Waals surface area contributed by atoms with E-state index in [9.17, 15) is 13.2 Å². The number of alkyl halides is 3. The fraction of sp³-hybridized carbons (Fsp3) is 0.611. The van der Waals surface area contributed by atoms with Crippen LogP contribution >= 0.6 is 11.6 Å². The van der Waals surface area contributed by atoms with E-state index in [1.54, 1.807) is 4.80 Å². The molecule has 0 N–H and O–H groups in total. The molecule has 0 radical (unpaired) electrons. The Bertz CT molecular complexity index is 825. The average Bonchev–Trinajstić information content (AvgIpc) is 3.03. The molecule has 4 bridgehead atoms. The molecule has 4 fully saturated rings. The Hall–Kier alpha value is -1.63. The van der Waals surface area contributed by atoms with Gasteiger partial charge in [0.1, 0.15) is 0 Å². The fourth-order valence-corrected chi connectivity index (χ4v) is 5.97. The predicted octanol–water partition coefficient (Wildman–Crippen LogP) is 4.94. The highest BCUT2D eigenvalue weighted by Crippen LogP contribution is 2.58. The van der Waals surface area contributed by atoms with Crippen molar-refractivity contribution in [1.82, 2.24) is 20.2 Å². The maximum atomic E-state index is 12.8. The van der Waals surface area contributed by atoms with E-state index >= 15 is 0 Å². The van der Waals surface area contributed by atoms with Crippen LogP contribution in [0, 0.1) is 17.8 Å². The smallest absolute Gasteiger partial charge is 0.166 e. The van der Waals surface area contributed by atoms with Gasteiger partial charge in [-0.25, -0.2) is 0 Å². The summed E-state index contributed by atoms with van der Waals surface area (Å²) in [5.74, 6) is 2.51. The normalized spacial score (nSPS) is 33.0. The van der Waals surface area contributed by atoms with Crippen LogP contribution in [-0.4, -0.2) is 20.2 Å². The van der Waals surface area contributed by atoms with Crippen LogP contribution in [0.5, 0.6) is 0 Å². The van der Waals surface area contributed by atoms with Gasteiger partial charge in [0.25, 0.3) is 0 Å².